The molecule has 1 aliphatic rings. The Labute approximate surface area is 207 Å². The SMILES string of the molecule is CCOC(=O)c1c(NC(=O)CSc2nnc(-c3ccccc3OC)n2C)sc2c1CCCCC2. The predicted molar refractivity (Wildman–Crippen MR) is 134 cm³/mol. The van der Waals surface area contributed by atoms with Crippen molar-refractivity contribution >= 4 is 40.0 Å². The standard InChI is InChI=1S/C24H28N4O4S2/c1-4-32-23(30)20-16-11-6-5-7-13-18(16)34-22(20)25-19(29)14-33-24-27-26-21(28(24)2)15-10-8-9-12-17(15)31-3/h8-10,12H,4-7,11,13-14H2,1-3H3,(H,25,29). The van der Waals surface area contributed by atoms with E-state index in [1.54, 1.807) is 14.0 Å². The largest absolute Gasteiger partial charge is 0.496 e. The fraction of sp³-hybridized carbons (Fsp3) is 0.417. The summed E-state index contributed by atoms with van der Waals surface area (Å²) in [5, 5.41) is 12.7. The van der Waals surface area contributed by atoms with Crippen molar-refractivity contribution in [3.8, 4) is 17.1 Å². The van der Waals surface area contributed by atoms with E-state index in [4.69, 9.17) is 9.47 Å². The van der Waals surface area contributed by atoms with Crippen LogP contribution in [-0.4, -0.2) is 46.1 Å². The van der Waals surface area contributed by atoms with Gasteiger partial charge in [-0.05, 0) is 50.3 Å². The summed E-state index contributed by atoms with van der Waals surface area (Å²) < 4.78 is 12.6. The molecule has 180 valence electrons. The monoisotopic (exact) mass is 500 g/mol. The summed E-state index contributed by atoms with van der Waals surface area (Å²) >= 11 is 2.79. The number of nitrogens with zero attached hydrogens (tertiary/aromatic N) is 3. The van der Waals surface area contributed by atoms with Gasteiger partial charge in [0, 0.05) is 11.9 Å². The zero-order valence-corrected chi connectivity index (χ0v) is 21.2. The van der Waals surface area contributed by atoms with E-state index in [1.807, 2.05) is 35.9 Å². The average Bonchev–Trinajstić information content (AvgIpc) is 3.28. The minimum Gasteiger partial charge on any atom is -0.496 e. The number of nitrogens with one attached hydrogen (secondary N) is 1. The van der Waals surface area contributed by atoms with Crippen LogP contribution in [0.1, 0.15) is 47.0 Å². The third-order valence-electron chi connectivity index (χ3n) is 5.67. The minimum atomic E-state index is -0.361. The molecule has 34 heavy (non-hydrogen) atoms. The Morgan fingerprint density at radius 2 is 1.97 bits per heavy atom. The number of amides is 1. The fourth-order valence-electron chi connectivity index (χ4n) is 4.05. The topological polar surface area (TPSA) is 95.3 Å². The van der Waals surface area contributed by atoms with Gasteiger partial charge in [0.2, 0.25) is 5.91 Å². The lowest BCUT2D eigenvalue weighted by molar-refractivity contribution is -0.113. The van der Waals surface area contributed by atoms with Crippen molar-refractivity contribution < 1.29 is 19.1 Å². The van der Waals surface area contributed by atoms with Crippen molar-refractivity contribution in [2.24, 2.45) is 7.05 Å². The van der Waals surface area contributed by atoms with Gasteiger partial charge in [0.15, 0.2) is 11.0 Å². The van der Waals surface area contributed by atoms with Crippen LogP contribution in [0.15, 0.2) is 29.4 Å². The molecule has 1 aromatic carbocycles. The molecule has 0 spiro atoms. The highest BCUT2D eigenvalue weighted by molar-refractivity contribution is 7.99. The second-order valence-electron chi connectivity index (χ2n) is 7.89. The Morgan fingerprint density at radius 3 is 2.76 bits per heavy atom. The number of carbonyl (C=O) groups excluding carboxylic acids is 2. The Morgan fingerprint density at radius 1 is 1.18 bits per heavy atom. The molecule has 1 amide bonds. The van der Waals surface area contributed by atoms with E-state index < -0.39 is 0 Å². The molecule has 4 rings (SSSR count). The molecule has 0 radical (unpaired) electrons. The summed E-state index contributed by atoms with van der Waals surface area (Å²) in [4.78, 5) is 26.7. The maximum atomic E-state index is 12.8. The summed E-state index contributed by atoms with van der Waals surface area (Å²) in [5.74, 6) is 0.944. The van der Waals surface area contributed by atoms with Gasteiger partial charge in [-0.15, -0.1) is 21.5 Å². The van der Waals surface area contributed by atoms with Crippen molar-refractivity contribution in [1.82, 2.24) is 14.8 Å². The van der Waals surface area contributed by atoms with Crippen LogP contribution in [0.3, 0.4) is 0 Å². The number of rotatable bonds is 8. The van der Waals surface area contributed by atoms with E-state index in [1.165, 1.54) is 28.0 Å². The molecule has 8 nitrogen and oxygen atoms in total. The molecule has 0 bridgehead atoms. The molecular weight excluding hydrogens is 472 g/mol. The van der Waals surface area contributed by atoms with Crippen molar-refractivity contribution in [3.05, 3.63) is 40.3 Å². The van der Waals surface area contributed by atoms with Crippen LogP contribution >= 0.6 is 23.1 Å². The first kappa shape index (κ1) is 24.3. The number of thiophene rings is 1. The van der Waals surface area contributed by atoms with E-state index >= 15 is 0 Å². The molecule has 0 saturated carbocycles. The molecule has 2 heterocycles. The van der Waals surface area contributed by atoms with Crippen LogP contribution in [0.2, 0.25) is 0 Å². The summed E-state index contributed by atoms with van der Waals surface area (Å²) in [7, 11) is 3.47. The number of hydrogen-bond donors (Lipinski definition) is 1. The molecule has 10 heteroatoms. The molecule has 3 aromatic rings. The molecule has 0 aliphatic heterocycles. The number of benzene rings is 1. The highest BCUT2D eigenvalue weighted by Gasteiger charge is 2.27. The maximum absolute atomic E-state index is 12.8. The lowest BCUT2D eigenvalue weighted by Crippen LogP contribution is -2.17. The third kappa shape index (κ3) is 5.12. The average molecular weight is 501 g/mol. The third-order valence-corrected chi connectivity index (χ3v) is 7.90. The molecular formula is C24H28N4O4S2. The van der Waals surface area contributed by atoms with Gasteiger partial charge in [-0.1, -0.05) is 30.3 Å². The number of esters is 1. The number of thioether (sulfide) groups is 1. The first-order valence-corrected chi connectivity index (χ1v) is 13.1. The van der Waals surface area contributed by atoms with Gasteiger partial charge < -0.3 is 19.4 Å². The smallest absolute Gasteiger partial charge is 0.341 e. The lowest BCUT2D eigenvalue weighted by Gasteiger charge is -2.09. The molecule has 1 N–H and O–H groups in total. The van der Waals surface area contributed by atoms with Gasteiger partial charge >= 0.3 is 5.97 Å². The number of aryl methyl sites for hydroxylation is 1. The van der Waals surface area contributed by atoms with E-state index in [9.17, 15) is 9.59 Å². The Bertz CT molecular complexity index is 1190. The summed E-state index contributed by atoms with van der Waals surface area (Å²) in [6.07, 6.45) is 5.06. The number of hydrogen-bond acceptors (Lipinski definition) is 8. The second kappa shape index (κ2) is 11.1. The number of anilines is 1. The Kier molecular flexibility index (Phi) is 7.89. The molecule has 0 saturated heterocycles. The van der Waals surface area contributed by atoms with E-state index in [-0.39, 0.29) is 17.6 Å². The summed E-state index contributed by atoms with van der Waals surface area (Å²) in [6, 6.07) is 7.60. The minimum absolute atomic E-state index is 0.142. The zero-order chi connectivity index (χ0) is 24.1. The Balaban J connectivity index is 1.48. The molecule has 2 aromatic heterocycles. The predicted octanol–water partition coefficient (Wildman–Crippen LogP) is 4.73. The van der Waals surface area contributed by atoms with Crippen LogP contribution in [-0.2, 0) is 29.4 Å². The van der Waals surface area contributed by atoms with Crippen molar-refractivity contribution in [1.29, 1.82) is 0 Å². The molecule has 0 unspecified atom stereocenters. The van der Waals surface area contributed by atoms with E-state index in [0.29, 0.717) is 33.9 Å². The van der Waals surface area contributed by atoms with Gasteiger partial charge in [-0.25, -0.2) is 4.79 Å². The first-order chi connectivity index (χ1) is 16.5. The van der Waals surface area contributed by atoms with E-state index in [0.717, 1.165) is 43.2 Å². The van der Waals surface area contributed by atoms with Crippen LogP contribution in [0.4, 0.5) is 5.00 Å². The van der Waals surface area contributed by atoms with Gasteiger partial charge in [-0.3, -0.25) is 4.79 Å². The summed E-state index contributed by atoms with van der Waals surface area (Å²) in [5.41, 5.74) is 2.40. The lowest BCUT2D eigenvalue weighted by atomic mass is 10.1. The normalized spacial score (nSPS) is 13.1. The van der Waals surface area contributed by atoms with Crippen LogP contribution < -0.4 is 10.1 Å². The van der Waals surface area contributed by atoms with Gasteiger partial charge in [-0.2, -0.15) is 0 Å². The molecule has 0 fully saturated rings. The van der Waals surface area contributed by atoms with Gasteiger partial charge in [0.25, 0.3) is 0 Å². The number of aromatic nitrogens is 3. The second-order valence-corrected chi connectivity index (χ2v) is 9.94. The fourth-order valence-corrected chi connectivity index (χ4v) is 6.05. The number of para-hydroxylation sites is 1. The highest BCUT2D eigenvalue weighted by Crippen LogP contribution is 2.38. The van der Waals surface area contributed by atoms with Crippen molar-refractivity contribution in [2.45, 2.75) is 44.2 Å². The van der Waals surface area contributed by atoms with Gasteiger partial charge in [0.05, 0.1) is 30.6 Å². The highest BCUT2D eigenvalue weighted by atomic mass is 32.2. The number of methoxy groups -OCH3 is 1. The number of fused-ring (bicyclic) bond motifs is 1. The summed E-state index contributed by atoms with van der Waals surface area (Å²) in [6.45, 7) is 2.09. The van der Waals surface area contributed by atoms with Gasteiger partial charge in [0.1, 0.15) is 10.8 Å². The zero-order valence-electron chi connectivity index (χ0n) is 19.6. The van der Waals surface area contributed by atoms with Crippen molar-refractivity contribution in [2.75, 3.05) is 24.8 Å². The molecule has 1 aliphatic carbocycles. The molecule has 0 atom stereocenters. The van der Waals surface area contributed by atoms with Crippen LogP contribution in [0.5, 0.6) is 5.75 Å². The number of carbonyl (C=O) groups is 2. The van der Waals surface area contributed by atoms with E-state index in [2.05, 4.69) is 15.5 Å². The quantitative estimate of drug-likeness (QED) is 0.271. The van der Waals surface area contributed by atoms with Crippen molar-refractivity contribution in [3.63, 3.8) is 0 Å². The van der Waals surface area contributed by atoms with Crippen LogP contribution in [0.25, 0.3) is 11.4 Å². The first-order valence-electron chi connectivity index (χ1n) is 11.3. The maximum Gasteiger partial charge on any atom is 0.341 e. The Hall–Kier alpha value is -2.85. The number of ether oxygens (including phenoxy) is 2. The van der Waals surface area contributed by atoms with Crippen LogP contribution in [0, 0.1) is 0 Å².